The van der Waals surface area contributed by atoms with Crippen molar-refractivity contribution in [1.82, 2.24) is 29.8 Å². The van der Waals surface area contributed by atoms with Gasteiger partial charge in [-0.25, -0.2) is 15.0 Å². The van der Waals surface area contributed by atoms with E-state index in [-0.39, 0.29) is 11.5 Å². The average Bonchev–Trinajstić information content (AvgIpc) is 3.57. The zero-order valence-electron chi connectivity index (χ0n) is 20.3. The maximum absolute atomic E-state index is 12.4. The molecule has 5 heterocycles. The van der Waals surface area contributed by atoms with Crippen molar-refractivity contribution < 1.29 is 23.9 Å². The summed E-state index contributed by atoms with van der Waals surface area (Å²) in [7, 11) is 0. The lowest BCUT2D eigenvalue weighted by Crippen LogP contribution is -2.41. The first-order chi connectivity index (χ1) is 17.6. The SMILES string of the molecule is [2H]C([2H])([2H])NC(=O)[C@H]1O[C@@H](n2cnc3c(NCc4ccsc4)nc(-c4cncc(Cl)c4)nc32)[C@H](O)[C@@H]1O. The van der Waals surface area contributed by atoms with Gasteiger partial charge in [0.2, 0.25) is 0 Å². The Bertz CT molecular complexity index is 1440. The van der Waals surface area contributed by atoms with Gasteiger partial charge in [0.15, 0.2) is 35.1 Å². The van der Waals surface area contributed by atoms with Crippen molar-refractivity contribution >= 4 is 45.8 Å². The second-order valence-electron chi connectivity index (χ2n) is 7.51. The molecule has 1 saturated heterocycles. The molecule has 34 heavy (non-hydrogen) atoms. The summed E-state index contributed by atoms with van der Waals surface area (Å²) in [5.74, 6) is -0.451. The second-order valence-corrected chi connectivity index (χ2v) is 8.73. The lowest BCUT2D eigenvalue weighted by molar-refractivity contribution is -0.137. The summed E-state index contributed by atoms with van der Waals surface area (Å²) < 4.78 is 28.6. The molecular weight excluding hydrogens is 482 g/mol. The van der Waals surface area contributed by atoms with Gasteiger partial charge in [-0.15, -0.1) is 0 Å². The normalized spacial score (nSPS) is 23.9. The standard InChI is InChI=1S/C21H20ClN7O4S/c1-23-20(32)16-14(30)15(31)21(33-16)29-9-26-13-18(25-5-10-2-3-34-8-10)27-17(28-19(13)29)11-4-12(22)7-24-6-11/h2-4,6-9,14-16,21,30-31H,5H2,1H3,(H,23,32)(H,25,27,28)/t14-,15+,16-,21+/m0/s1/i1D3. The van der Waals surface area contributed by atoms with E-state index in [0.29, 0.717) is 28.5 Å². The van der Waals surface area contributed by atoms with Gasteiger partial charge in [-0.3, -0.25) is 14.3 Å². The smallest absolute Gasteiger partial charge is 0.251 e. The molecular formula is C21H20ClN7O4S. The third kappa shape index (κ3) is 4.10. The molecule has 0 saturated carbocycles. The number of anilines is 1. The molecule has 1 aliphatic rings. The number of aliphatic hydroxyl groups excluding tert-OH is 2. The van der Waals surface area contributed by atoms with Crippen LogP contribution in [0.1, 0.15) is 15.9 Å². The number of imidazole rings is 1. The number of carbonyl (C=O) groups is 1. The van der Waals surface area contributed by atoms with Crippen LogP contribution in [0.3, 0.4) is 0 Å². The van der Waals surface area contributed by atoms with Gasteiger partial charge in [-0.2, -0.15) is 11.3 Å². The predicted molar refractivity (Wildman–Crippen MR) is 125 cm³/mol. The molecule has 4 atom stereocenters. The number of rotatable bonds is 6. The van der Waals surface area contributed by atoms with E-state index in [0.717, 1.165) is 5.56 Å². The highest BCUT2D eigenvalue weighted by molar-refractivity contribution is 7.07. The maximum Gasteiger partial charge on any atom is 0.251 e. The highest BCUT2D eigenvalue weighted by atomic mass is 35.5. The van der Waals surface area contributed by atoms with Gasteiger partial charge in [-0.05, 0) is 28.5 Å². The summed E-state index contributed by atoms with van der Waals surface area (Å²) in [6, 6.07) is 3.60. The number of nitrogens with zero attached hydrogens (tertiary/aromatic N) is 5. The van der Waals surface area contributed by atoms with E-state index in [9.17, 15) is 15.0 Å². The summed E-state index contributed by atoms with van der Waals surface area (Å²) in [6.07, 6.45) is -1.86. The minimum absolute atomic E-state index is 0.228. The molecule has 0 bridgehead atoms. The summed E-state index contributed by atoms with van der Waals surface area (Å²) in [4.78, 5) is 30.0. The second kappa shape index (κ2) is 9.24. The van der Waals surface area contributed by atoms with Crippen LogP contribution in [0.5, 0.6) is 0 Å². The van der Waals surface area contributed by atoms with Crippen LogP contribution in [0.25, 0.3) is 22.6 Å². The van der Waals surface area contributed by atoms with E-state index >= 15 is 0 Å². The highest BCUT2D eigenvalue weighted by Crippen LogP contribution is 2.34. The number of nitrogens with one attached hydrogen (secondary N) is 2. The van der Waals surface area contributed by atoms with E-state index < -0.39 is 37.4 Å². The Labute approximate surface area is 206 Å². The Balaban J connectivity index is 1.54. The average molecular weight is 505 g/mol. The van der Waals surface area contributed by atoms with Crippen molar-refractivity contribution in [1.29, 1.82) is 0 Å². The number of aromatic nitrogens is 5. The first-order valence-corrected chi connectivity index (χ1v) is 11.4. The molecule has 5 rings (SSSR count). The molecule has 4 aromatic rings. The van der Waals surface area contributed by atoms with Gasteiger partial charge >= 0.3 is 0 Å². The van der Waals surface area contributed by atoms with Gasteiger partial charge in [0.1, 0.15) is 12.2 Å². The number of fused-ring (bicyclic) bond motifs is 1. The fourth-order valence-electron chi connectivity index (χ4n) is 3.65. The van der Waals surface area contributed by atoms with Crippen LogP contribution in [0.2, 0.25) is 5.02 Å². The van der Waals surface area contributed by atoms with Crippen LogP contribution in [0.15, 0.2) is 41.6 Å². The quantitative estimate of drug-likeness (QED) is 0.307. The number of carbonyl (C=O) groups excluding carboxylic acids is 1. The summed E-state index contributed by atoms with van der Waals surface area (Å²) in [6.45, 7) is -2.34. The van der Waals surface area contributed by atoms with Crippen molar-refractivity contribution in [2.45, 2.75) is 31.1 Å². The fraction of sp³-hybridized carbons (Fsp3) is 0.286. The maximum atomic E-state index is 12.4. The Hall–Kier alpha value is -3.16. The molecule has 0 aromatic carbocycles. The molecule has 176 valence electrons. The lowest BCUT2D eigenvalue weighted by Gasteiger charge is -2.17. The van der Waals surface area contributed by atoms with E-state index in [1.165, 1.54) is 23.3 Å². The van der Waals surface area contributed by atoms with E-state index in [2.05, 4.69) is 25.3 Å². The molecule has 11 nitrogen and oxygen atoms in total. The Morgan fingerprint density at radius 1 is 1.35 bits per heavy atom. The fourth-order valence-corrected chi connectivity index (χ4v) is 4.49. The van der Waals surface area contributed by atoms with Crippen LogP contribution in [0, 0.1) is 0 Å². The Kier molecular flexibility index (Phi) is 5.21. The van der Waals surface area contributed by atoms with Crippen LogP contribution in [-0.4, -0.2) is 65.9 Å². The van der Waals surface area contributed by atoms with Crippen LogP contribution < -0.4 is 10.6 Å². The van der Waals surface area contributed by atoms with Crippen LogP contribution in [0.4, 0.5) is 5.82 Å². The molecule has 0 unspecified atom stereocenters. The first-order valence-electron chi connectivity index (χ1n) is 11.5. The molecule has 1 fully saturated rings. The zero-order chi connectivity index (χ0) is 26.3. The number of amides is 1. The number of pyridine rings is 1. The van der Waals surface area contributed by atoms with Gasteiger partial charge in [0.05, 0.1) is 11.3 Å². The van der Waals surface area contributed by atoms with Crippen molar-refractivity contribution in [2.75, 3.05) is 12.3 Å². The van der Waals surface area contributed by atoms with Crippen molar-refractivity contribution in [2.24, 2.45) is 0 Å². The highest BCUT2D eigenvalue weighted by Gasteiger charge is 2.47. The van der Waals surface area contributed by atoms with Crippen LogP contribution in [-0.2, 0) is 16.1 Å². The topological polar surface area (TPSA) is 147 Å². The largest absolute Gasteiger partial charge is 0.387 e. The van der Waals surface area contributed by atoms with E-state index in [1.807, 2.05) is 16.8 Å². The van der Waals surface area contributed by atoms with E-state index in [4.69, 9.17) is 20.5 Å². The van der Waals surface area contributed by atoms with Gasteiger partial charge in [0, 0.05) is 35.6 Å². The van der Waals surface area contributed by atoms with E-state index in [1.54, 1.807) is 22.7 Å². The van der Waals surface area contributed by atoms with Crippen molar-refractivity contribution in [3.63, 3.8) is 0 Å². The Morgan fingerprint density at radius 2 is 2.24 bits per heavy atom. The molecule has 0 spiro atoms. The van der Waals surface area contributed by atoms with Crippen molar-refractivity contribution in [3.8, 4) is 11.4 Å². The predicted octanol–water partition coefficient (Wildman–Crippen LogP) is 1.58. The molecule has 0 aliphatic carbocycles. The third-order valence-corrected chi connectivity index (χ3v) is 6.26. The zero-order valence-corrected chi connectivity index (χ0v) is 18.9. The van der Waals surface area contributed by atoms with Crippen LogP contribution >= 0.6 is 22.9 Å². The number of likely N-dealkylation sites (N-methyl/N-ethyl adjacent to an activating group) is 1. The summed E-state index contributed by atoms with van der Waals surface area (Å²) in [5, 5.41) is 30.5. The number of halogens is 1. The molecule has 13 heteroatoms. The number of hydrogen-bond donors (Lipinski definition) is 4. The number of thiophene rings is 1. The molecule has 0 radical (unpaired) electrons. The number of ether oxygens (including phenoxy) is 1. The number of aliphatic hydroxyl groups is 2. The molecule has 1 amide bonds. The van der Waals surface area contributed by atoms with Gasteiger partial charge < -0.3 is 25.6 Å². The lowest BCUT2D eigenvalue weighted by atomic mass is 10.1. The summed E-state index contributed by atoms with van der Waals surface area (Å²) in [5.41, 5.74) is 2.12. The molecule has 4 N–H and O–H groups in total. The number of hydrogen-bond acceptors (Lipinski definition) is 10. The van der Waals surface area contributed by atoms with Gasteiger partial charge in [-0.1, -0.05) is 11.6 Å². The first kappa shape index (κ1) is 19.2. The monoisotopic (exact) mass is 504 g/mol. The third-order valence-electron chi connectivity index (χ3n) is 5.32. The minimum Gasteiger partial charge on any atom is -0.387 e. The Morgan fingerprint density at radius 3 is 3.00 bits per heavy atom. The summed E-state index contributed by atoms with van der Waals surface area (Å²) >= 11 is 7.67. The molecule has 4 aromatic heterocycles. The molecule has 1 aliphatic heterocycles. The van der Waals surface area contributed by atoms with Gasteiger partial charge in [0.25, 0.3) is 5.91 Å². The minimum atomic E-state index is -2.79. The van der Waals surface area contributed by atoms with Crippen molar-refractivity contribution in [3.05, 3.63) is 52.2 Å².